The van der Waals surface area contributed by atoms with Crippen LogP contribution in [0.1, 0.15) is 46.9 Å². The molecule has 0 bridgehead atoms. The van der Waals surface area contributed by atoms with Crippen LogP contribution in [0.15, 0.2) is 46.9 Å². The SMILES string of the molecule is CCCCOc1ccc(Br)cc1C(=O)NC(=S)Nc1ccccc1C(=O)NCCCOC. The number of para-hydroxylation sites is 1. The number of carbonyl (C=O) groups is 2. The molecule has 0 atom stereocenters. The van der Waals surface area contributed by atoms with Crippen LogP contribution in [0.5, 0.6) is 5.75 Å². The number of rotatable bonds is 11. The quantitative estimate of drug-likeness (QED) is 0.297. The Hall–Kier alpha value is -2.49. The van der Waals surface area contributed by atoms with Crippen LogP contribution in [0.25, 0.3) is 0 Å². The van der Waals surface area contributed by atoms with Gasteiger partial charge in [0, 0.05) is 24.7 Å². The van der Waals surface area contributed by atoms with E-state index in [1.54, 1.807) is 43.5 Å². The second-order valence-corrected chi connectivity index (χ2v) is 8.22. The van der Waals surface area contributed by atoms with E-state index in [1.165, 1.54) is 0 Å². The summed E-state index contributed by atoms with van der Waals surface area (Å²) in [6, 6.07) is 12.2. The Morgan fingerprint density at radius 3 is 2.56 bits per heavy atom. The highest BCUT2D eigenvalue weighted by Crippen LogP contribution is 2.24. The third-order valence-corrected chi connectivity index (χ3v) is 5.10. The van der Waals surface area contributed by atoms with E-state index in [0.717, 1.165) is 17.3 Å². The third-order valence-electron chi connectivity index (χ3n) is 4.40. The Morgan fingerprint density at radius 2 is 1.81 bits per heavy atom. The molecule has 0 radical (unpaired) electrons. The number of anilines is 1. The predicted octanol–water partition coefficient (Wildman–Crippen LogP) is 4.52. The highest BCUT2D eigenvalue weighted by Gasteiger charge is 2.16. The van der Waals surface area contributed by atoms with Crippen molar-refractivity contribution in [2.24, 2.45) is 0 Å². The number of methoxy groups -OCH3 is 1. The summed E-state index contributed by atoms with van der Waals surface area (Å²) in [5, 5.41) is 8.52. The zero-order valence-corrected chi connectivity index (χ0v) is 20.6. The van der Waals surface area contributed by atoms with Crippen LogP contribution in [-0.2, 0) is 4.74 Å². The van der Waals surface area contributed by atoms with Crippen LogP contribution >= 0.6 is 28.1 Å². The monoisotopic (exact) mass is 521 g/mol. The molecular formula is C23H28BrN3O4S. The van der Waals surface area contributed by atoms with Crippen LogP contribution in [0, 0.1) is 0 Å². The molecule has 0 aliphatic rings. The van der Waals surface area contributed by atoms with E-state index in [9.17, 15) is 9.59 Å². The number of hydrogen-bond donors (Lipinski definition) is 3. The van der Waals surface area contributed by atoms with Crippen LogP contribution in [-0.4, -0.2) is 43.8 Å². The zero-order valence-electron chi connectivity index (χ0n) is 18.2. The Morgan fingerprint density at radius 1 is 1.03 bits per heavy atom. The molecule has 0 aliphatic heterocycles. The molecule has 2 aromatic rings. The number of amides is 2. The van der Waals surface area contributed by atoms with Crippen LogP contribution in [0.2, 0.25) is 0 Å². The van der Waals surface area contributed by atoms with Gasteiger partial charge in [-0.1, -0.05) is 41.4 Å². The number of hydrogen-bond acceptors (Lipinski definition) is 5. The van der Waals surface area contributed by atoms with E-state index in [0.29, 0.717) is 48.7 Å². The second-order valence-electron chi connectivity index (χ2n) is 6.90. The average Bonchev–Trinajstić information content (AvgIpc) is 2.78. The number of halogens is 1. The molecule has 9 heteroatoms. The largest absolute Gasteiger partial charge is 0.493 e. The van der Waals surface area contributed by atoms with Crippen molar-refractivity contribution in [2.45, 2.75) is 26.2 Å². The summed E-state index contributed by atoms with van der Waals surface area (Å²) in [4.78, 5) is 25.4. The number of benzene rings is 2. The van der Waals surface area contributed by atoms with Gasteiger partial charge in [0.15, 0.2) is 5.11 Å². The van der Waals surface area contributed by atoms with Crippen molar-refractivity contribution in [3.05, 3.63) is 58.1 Å². The second kappa shape index (κ2) is 13.8. The molecule has 0 aromatic heterocycles. The average molecular weight is 522 g/mol. The number of nitrogens with one attached hydrogen (secondary N) is 3. The minimum absolute atomic E-state index is 0.0779. The highest BCUT2D eigenvalue weighted by atomic mass is 79.9. The van der Waals surface area contributed by atoms with Crippen molar-refractivity contribution >= 4 is 50.8 Å². The van der Waals surface area contributed by atoms with E-state index >= 15 is 0 Å². The van der Waals surface area contributed by atoms with Crippen molar-refractivity contribution in [1.29, 1.82) is 0 Å². The van der Waals surface area contributed by atoms with Gasteiger partial charge in [0.25, 0.3) is 11.8 Å². The fourth-order valence-electron chi connectivity index (χ4n) is 2.76. The van der Waals surface area contributed by atoms with Gasteiger partial charge in [-0.15, -0.1) is 0 Å². The first-order valence-electron chi connectivity index (χ1n) is 10.4. The molecule has 2 rings (SSSR count). The normalized spacial score (nSPS) is 10.3. The number of thiocarbonyl (C=S) groups is 1. The van der Waals surface area contributed by atoms with Crippen molar-refractivity contribution < 1.29 is 19.1 Å². The molecule has 2 amide bonds. The topological polar surface area (TPSA) is 88.7 Å². The van der Waals surface area contributed by atoms with E-state index < -0.39 is 5.91 Å². The van der Waals surface area contributed by atoms with Crippen molar-refractivity contribution in [3.63, 3.8) is 0 Å². The van der Waals surface area contributed by atoms with E-state index in [1.807, 2.05) is 6.07 Å². The Labute approximate surface area is 202 Å². The third kappa shape index (κ3) is 8.22. The van der Waals surface area contributed by atoms with Crippen LogP contribution < -0.4 is 20.7 Å². The Balaban J connectivity index is 2.05. The molecule has 0 aliphatic carbocycles. The zero-order chi connectivity index (χ0) is 23.3. The number of unbranched alkanes of at least 4 members (excludes halogenated alkanes) is 1. The minimum atomic E-state index is -0.406. The van der Waals surface area contributed by atoms with E-state index in [2.05, 4.69) is 38.8 Å². The lowest BCUT2D eigenvalue weighted by atomic mass is 10.1. The summed E-state index contributed by atoms with van der Waals surface area (Å²) in [6.07, 6.45) is 2.59. The molecule has 7 nitrogen and oxygen atoms in total. The van der Waals surface area contributed by atoms with Gasteiger partial charge in [-0.3, -0.25) is 14.9 Å². The van der Waals surface area contributed by atoms with Gasteiger partial charge >= 0.3 is 0 Å². The van der Waals surface area contributed by atoms with Gasteiger partial charge in [0.1, 0.15) is 5.75 Å². The molecule has 32 heavy (non-hydrogen) atoms. The lowest BCUT2D eigenvalue weighted by Crippen LogP contribution is -2.35. The van der Waals surface area contributed by atoms with Crippen LogP contribution in [0.4, 0.5) is 5.69 Å². The van der Waals surface area contributed by atoms with Gasteiger partial charge in [0.2, 0.25) is 0 Å². The molecule has 2 aromatic carbocycles. The first-order valence-corrected chi connectivity index (χ1v) is 11.6. The maximum Gasteiger partial charge on any atom is 0.261 e. The van der Waals surface area contributed by atoms with Gasteiger partial charge in [-0.25, -0.2) is 0 Å². The molecule has 0 spiro atoms. The first kappa shape index (κ1) is 25.8. The minimum Gasteiger partial charge on any atom is -0.493 e. The molecular weight excluding hydrogens is 494 g/mol. The molecule has 0 fully saturated rings. The summed E-state index contributed by atoms with van der Waals surface area (Å²) < 4.78 is 11.5. The summed E-state index contributed by atoms with van der Waals surface area (Å²) in [5.74, 6) is -0.161. The van der Waals surface area contributed by atoms with E-state index in [-0.39, 0.29) is 11.0 Å². The maximum atomic E-state index is 12.8. The Bertz CT molecular complexity index is 939. The molecule has 0 unspecified atom stereocenters. The van der Waals surface area contributed by atoms with Gasteiger partial charge in [-0.2, -0.15) is 0 Å². The Kier molecular flexibility index (Phi) is 11.1. The fraction of sp³-hybridized carbons (Fsp3) is 0.348. The lowest BCUT2D eigenvalue weighted by molar-refractivity contribution is 0.0947. The van der Waals surface area contributed by atoms with Gasteiger partial charge in [-0.05, 0) is 55.4 Å². The van der Waals surface area contributed by atoms with Crippen LogP contribution in [0.3, 0.4) is 0 Å². The summed E-state index contributed by atoms with van der Waals surface area (Å²) >= 11 is 8.70. The van der Waals surface area contributed by atoms with Gasteiger partial charge in [0.05, 0.1) is 23.4 Å². The predicted molar refractivity (Wildman–Crippen MR) is 134 cm³/mol. The van der Waals surface area contributed by atoms with Crippen molar-refractivity contribution in [3.8, 4) is 5.75 Å². The van der Waals surface area contributed by atoms with E-state index in [4.69, 9.17) is 21.7 Å². The van der Waals surface area contributed by atoms with Gasteiger partial charge < -0.3 is 20.1 Å². The molecule has 3 N–H and O–H groups in total. The summed E-state index contributed by atoms with van der Waals surface area (Å²) in [5.41, 5.74) is 1.28. The van der Waals surface area contributed by atoms with Crippen molar-refractivity contribution in [2.75, 3.05) is 32.2 Å². The maximum absolute atomic E-state index is 12.8. The first-order chi connectivity index (χ1) is 15.5. The number of carbonyl (C=O) groups excluding carboxylic acids is 2. The lowest BCUT2D eigenvalue weighted by Gasteiger charge is -2.15. The molecule has 0 saturated heterocycles. The van der Waals surface area contributed by atoms with Crippen molar-refractivity contribution in [1.82, 2.24) is 10.6 Å². The highest BCUT2D eigenvalue weighted by molar-refractivity contribution is 9.10. The number of ether oxygens (including phenoxy) is 2. The summed E-state index contributed by atoms with van der Waals surface area (Å²) in [6.45, 7) is 3.65. The molecule has 172 valence electrons. The fourth-order valence-corrected chi connectivity index (χ4v) is 3.32. The smallest absolute Gasteiger partial charge is 0.261 e. The molecule has 0 heterocycles. The summed E-state index contributed by atoms with van der Waals surface area (Å²) in [7, 11) is 1.62. The molecule has 0 saturated carbocycles. The standard InChI is InChI=1S/C23H28BrN3O4S/c1-3-4-14-31-20-11-10-16(24)15-18(20)22(29)27-23(32)26-19-9-6-5-8-17(19)21(28)25-12-7-13-30-2/h5-6,8-11,15H,3-4,7,12-14H2,1-2H3,(H,25,28)(H2,26,27,29,32).